The SMILES string of the molecule is O=C(CCn1cccn1)N1CCCCC1c1ncc(-c2ccccc2)[nH]1. The van der Waals surface area contributed by atoms with Crippen molar-refractivity contribution >= 4 is 5.91 Å². The van der Waals surface area contributed by atoms with Crippen molar-refractivity contribution in [1.29, 1.82) is 0 Å². The summed E-state index contributed by atoms with van der Waals surface area (Å²) in [7, 11) is 0. The van der Waals surface area contributed by atoms with Gasteiger partial charge in [-0.2, -0.15) is 5.10 Å². The molecule has 0 spiro atoms. The highest BCUT2D eigenvalue weighted by atomic mass is 16.2. The van der Waals surface area contributed by atoms with Gasteiger partial charge in [-0.05, 0) is 30.9 Å². The Balaban J connectivity index is 1.48. The molecule has 1 aliphatic rings. The lowest BCUT2D eigenvalue weighted by Gasteiger charge is -2.34. The predicted molar refractivity (Wildman–Crippen MR) is 99.2 cm³/mol. The molecule has 1 aliphatic heterocycles. The number of piperidine rings is 1. The normalized spacial score (nSPS) is 17.4. The number of aryl methyl sites for hydroxylation is 1. The smallest absolute Gasteiger partial charge is 0.225 e. The summed E-state index contributed by atoms with van der Waals surface area (Å²) in [6.45, 7) is 1.41. The minimum Gasteiger partial charge on any atom is -0.340 e. The van der Waals surface area contributed by atoms with Gasteiger partial charge in [0.15, 0.2) is 0 Å². The zero-order chi connectivity index (χ0) is 17.8. The number of carbonyl (C=O) groups excluding carboxylic acids is 1. The predicted octanol–water partition coefficient (Wildman–Crippen LogP) is 3.42. The third-order valence-corrected chi connectivity index (χ3v) is 4.93. The van der Waals surface area contributed by atoms with Crippen molar-refractivity contribution in [3.05, 3.63) is 60.8 Å². The molecule has 0 bridgehead atoms. The molecule has 1 N–H and O–H groups in total. The second-order valence-electron chi connectivity index (χ2n) is 6.67. The van der Waals surface area contributed by atoms with Crippen molar-refractivity contribution < 1.29 is 4.79 Å². The Kier molecular flexibility index (Phi) is 4.82. The zero-order valence-corrected chi connectivity index (χ0v) is 14.7. The van der Waals surface area contributed by atoms with Crippen LogP contribution < -0.4 is 0 Å². The van der Waals surface area contributed by atoms with Crippen molar-refractivity contribution in [1.82, 2.24) is 24.6 Å². The van der Waals surface area contributed by atoms with E-state index in [0.29, 0.717) is 13.0 Å². The summed E-state index contributed by atoms with van der Waals surface area (Å²) in [5.41, 5.74) is 2.11. The van der Waals surface area contributed by atoms with Crippen LogP contribution in [0.15, 0.2) is 55.0 Å². The molecule has 134 valence electrons. The number of rotatable bonds is 5. The van der Waals surface area contributed by atoms with Crippen LogP contribution >= 0.6 is 0 Å². The molecule has 1 atom stereocenters. The molecule has 1 saturated heterocycles. The Morgan fingerprint density at radius 2 is 2.08 bits per heavy atom. The number of amides is 1. The maximum Gasteiger partial charge on any atom is 0.225 e. The van der Waals surface area contributed by atoms with Gasteiger partial charge in [0.25, 0.3) is 0 Å². The summed E-state index contributed by atoms with van der Waals surface area (Å²) in [5.74, 6) is 1.05. The number of nitrogens with zero attached hydrogens (tertiary/aromatic N) is 4. The van der Waals surface area contributed by atoms with E-state index >= 15 is 0 Å². The van der Waals surface area contributed by atoms with Crippen LogP contribution in [0.1, 0.15) is 37.5 Å². The van der Waals surface area contributed by atoms with Crippen molar-refractivity contribution in [3.8, 4) is 11.3 Å². The molecule has 1 aromatic carbocycles. The van der Waals surface area contributed by atoms with E-state index in [4.69, 9.17) is 0 Å². The lowest BCUT2D eigenvalue weighted by molar-refractivity contribution is -0.135. The van der Waals surface area contributed by atoms with E-state index in [-0.39, 0.29) is 11.9 Å². The molecule has 6 nitrogen and oxygen atoms in total. The van der Waals surface area contributed by atoms with Gasteiger partial charge in [-0.3, -0.25) is 9.48 Å². The monoisotopic (exact) mass is 349 g/mol. The van der Waals surface area contributed by atoms with E-state index in [1.807, 2.05) is 41.6 Å². The van der Waals surface area contributed by atoms with Gasteiger partial charge in [0.2, 0.25) is 5.91 Å². The number of carbonyl (C=O) groups is 1. The van der Waals surface area contributed by atoms with Crippen molar-refractivity contribution in [2.45, 2.75) is 38.3 Å². The number of hydrogen-bond acceptors (Lipinski definition) is 3. The average Bonchev–Trinajstić information content (AvgIpc) is 3.39. The summed E-state index contributed by atoms with van der Waals surface area (Å²) in [5, 5.41) is 4.17. The van der Waals surface area contributed by atoms with Crippen LogP contribution in [0.3, 0.4) is 0 Å². The molecule has 0 aliphatic carbocycles. The van der Waals surface area contributed by atoms with Gasteiger partial charge in [0, 0.05) is 31.9 Å². The van der Waals surface area contributed by atoms with Crippen molar-refractivity contribution in [2.75, 3.05) is 6.54 Å². The van der Waals surface area contributed by atoms with Crippen LogP contribution in [0.2, 0.25) is 0 Å². The maximum atomic E-state index is 12.8. The van der Waals surface area contributed by atoms with Gasteiger partial charge in [-0.1, -0.05) is 30.3 Å². The molecule has 1 unspecified atom stereocenters. The fourth-order valence-electron chi connectivity index (χ4n) is 3.57. The highest BCUT2D eigenvalue weighted by Gasteiger charge is 2.29. The van der Waals surface area contributed by atoms with Gasteiger partial charge in [-0.15, -0.1) is 0 Å². The van der Waals surface area contributed by atoms with E-state index in [1.165, 1.54) is 0 Å². The van der Waals surface area contributed by atoms with Gasteiger partial charge in [-0.25, -0.2) is 4.98 Å². The number of hydrogen-bond donors (Lipinski definition) is 1. The molecule has 0 radical (unpaired) electrons. The topological polar surface area (TPSA) is 66.8 Å². The first kappa shape index (κ1) is 16.6. The molecule has 1 amide bonds. The molecule has 26 heavy (non-hydrogen) atoms. The molecule has 0 saturated carbocycles. The van der Waals surface area contributed by atoms with Crippen LogP contribution in [0, 0.1) is 0 Å². The van der Waals surface area contributed by atoms with Gasteiger partial charge in [0.05, 0.1) is 17.9 Å². The lowest BCUT2D eigenvalue weighted by Crippen LogP contribution is -2.39. The number of benzene rings is 1. The Morgan fingerprint density at radius 3 is 2.88 bits per heavy atom. The van der Waals surface area contributed by atoms with Crippen LogP contribution in [0.25, 0.3) is 11.3 Å². The molecule has 4 rings (SSSR count). The maximum absolute atomic E-state index is 12.8. The molecule has 3 aromatic rings. The molecular weight excluding hydrogens is 326 g/mol. The Bertz CT molecular complexity index is 840. The standard InChI is InChI=1S/C20H23N5O/c26-19(10-14-24-12-6-11-22-24)25-13-5-4-9-18(25)20-21-15-17(23-20)16-7-2-1-3-8-16/h1-3,6-8,11-12,15,18H,4-5,9-10,13-14H2,(H,21,23). The first-order valence-electron chi connectivity index (χ1n) is 9.18. The van der Waals surface area contributed by atoms with Crippen molar-refractivity contribution in [3.63, 3.8) is 0 Å². The molecule has 1 fully saturated rings. The second-order valence-corrected chi connectivity index (χ2v) is 6.67. The first-order valence-corrected chi connectivity index (χ1v) is 9.18. The highest BCUT2D eigenvalue weighted by Crippen LogP contribution is 2.31. The molecular formula is C20H23N5O. The van der Waals surface area contributed by atoms with E-state index in [2.05, 4.69) is 27.2 Å². The number of nitrogens with one attached hydrogen (secondary N) is 1. The van der Waals surface area contributed by atoms with Crippen LogP contribution in [-0.2, 0) is 11.3 Å². The van der Waals surface area contributed by atoms with E-state index < -0.39 is 0 Å². The van der Waals surface area contributed by atoms with E-state index in [0.717, 1.165) is 42.9 Å². The minimum absolute atomic E-state index is 0.0336. The quantitative estimate of drug-likeness (QED) is 0.767. The molecule has 6 heteroatoms. The minimum atomic E-state index is 0.0336. The Hall–Kier alpha value is -2.89. The van der Waals surface area contributed by atoms with E-state index in [9.17, 15) is 4.79 Å². The first-order chi connectivity index (χ1) is 12.8. The Labute approximate surface area is 152 Å². The zero-order valence-electron chi connectivity index (χ0n) is 14.7. The number of aromatic nitrogens is 4. The summed E-state index contributed by atoms with van der Waals surface area (Å²) in [6.07, 6.45) is 9.08. The summed E-state index contributed by atoms with van der Waals surface area (Å²) >= 11 is 0. The fourth-order valence-corrected chi connectivity index (χ4v) is 3.57. The van der Waals surface area contributed by atoms with Gasteiger partial charge >= 0.3 is 0 Å². The third-order valence-electron chi connectivity index (χ3n) is 4.93. The van der Waals surface area contributed by atoms with Crippen LogP contribution in [-0.4, -0.2) is 37.1 Å². The molecule has 3 heterocycles. The highest BCUT2D eigenvalue weighted by molar-refractivity contribution is 5.76. The number of H-pyrrole nitrogens is 1. The fraction of sp³-hybridized carbons (Fsp3) is 0.350. The Morgan fingerprint density at radius 1 is 1.19 bits per heavy atom. The second kappa shape index (κ2) is 7.56. The number of imidazole rings is 1. The van der Waals surface area contributed by atoms with Gasteiger partial charge in [0.1, 0.15) is 5.82 Å². The van der Waals surface area contributed by atoms with E-state index in [1.54, 1.807) is 10.9 Å². The number of aromatic amines is 1. The lowest BCUT2D eigenvalue weighted by atomic mass is 10.0. The summed E-state index contributed by atoms with van der Waals surface area (Å²) in [4.78, 5) is 22.8. The average molecular weight is 349 g/mol. The summed E-state index contributed by atoms with van der Waals surface area (Å²) in [6, 6.07) is 12.1. The van der Waals surface area contributed by atoms with Crippen molar-refractivity contribution in [2.24, 2.45) is 0 Å². The van der Waals surface area contributed by atoms with Crippen LogP contribution in [0.4, 0.5) is 0 Å². The largest absolute Gasteiger partial charge is 0.340 e. The van der Waals surface area contributed by atoms with Gasteiger partial charge < -0.3 is 9.88 Å². The third kappa shape index (κ3) is 3.54. The number of likely N-dealkylation sites (tertiary alicyclic amines) is 1. The molecule has 2 aromatic heterocycles. The summed E-state index contributed by atoms with van der Waals surface area (Å²) < 4.78 is 1.80. The van der Waals surface area contributed by atoms with Crippen LogP contribution in [0.5, 0.6) is 0 Å².